The van der Waals surface area contributed by atoms with E-state index in [0.29, 0.717) is 43.7 Å². The van der Waals surface area contributed by atoms with E-state index in [2.05, 4.69) is 33.2 Å². The van der Waals surface area contributed by atoms with Gasteiger partial charge < -0.3 is 19.0 Å². The van der Waals surface area contributed by atoms with Crippen LogP contribution in [-0.4, -0.2) is 57.9 Å². The summed E-state index contributed by atoms with van der Waals surface area (Å²) < 4.78 is 10.9. The van der Waals surface area contributed by atoms with E-state index in [0.717, 1.165) is 36.9 Å². The number of carbonyl (C=O) groups excluding carboxylic acids is 2. The third-order valence-electron chi connectivity index (χ3n) is 7.18. The highest BCUT2D eigenvalue weighted by Gasteiger charge is 2.31. The van der Waals surface area contributed by atoms with Crippen molar-refractivity contribution in [2.45, 2.75) is 39.3 Å². The number of aromatic nitrogens is 2. The molecule has 0 radical (unpaired) electrons. The molecule has 4 aromatic rings. The van der Waals surface area contributed by atoms with Crippen LogP contribution in [0.1, 0.15) is 47.3 Å². The average molecular weight is 549 g/mol. The number of fused-ring (bicyclic) bond motifs is 1. The van der Waals surface area contributed by atoms with Crippen molar-refractivity contribution in [3.8, 4) is 0 Å². The number of carbonyl (C=O) groups is 2. The van der Waals surface area contributed by atoms with Crippen LogP contribution >= 0.6 is 11.6 Å². The predicted octanol–water partition coefficient (Wildman–Crippen LogP) is 5.47. The van der Waals surface area contributed by atoms with Gasteiger partial charge in [-0.25, -0.2) is 4.98 Å². The average Bonchev–Trinajstić information content (AvgIpc) is 3.60. The first-order valence-corrected chi connectivity index (χ1v) is 13.8. The number of H-pyrrole nitrogens is 1. The molecule has 204 valence electrons. The van der Waals surface area contributed by atoms with Crippen molar-refractivity contribution in [3.63, 3.8) is 0 Å². The number of hydrogen-bond donors (Lipinski definition) is 1. The van der Waals surface area contributed by atoms with Crippen molar-refractivity contribution in [1.29, 1.82) is 0 Å². The SMILES string of the molecule is CCOC(=O)[C@@H]1CCCN(C(=O)c2coc(CN(CCc3c[nH]c4ccccc34)Cc3ccccc3Cl)n2)C1. The Labute approximate surface area is 232 Å². The number of oxazole rings is 1. The van der Waals surface area contributed by atoms with Gasteiger partial charge in [0.2, 0.25) is 5.89 Å². The maximum Gasteiger partial charge on any atom is 0.310 e. The van der Waals surface area contributed by atoms with Gasteiger partial charge in [0.1, 0.15) is 6.26 Å². The molecule has 1 amide bonds. The number of halogens is 1. The molecule has 0 bridgehead atoms. The molecule has 0 unspecified atom stereocenters. The summed E-state index contributed by atoms with van der Waals surface area (Å²) in [5.41, 5.74) is 3.62. The zero-order valence-electron chi connectivity index (χ0n) is 22.1. The van der Waals surface area contributed by atoms with Crippen molar-refractivity contribution in [2.24, 2.45) is 5.92 Å². The van der Waals surface area contributed by atoms with Gasteiger partial charge in [-0.1, -0.05) is 48.0 Å². The van der Waals surface area contributed by atoms with Crippen LogP contribution in [0.25, 0.3) is 10.9 Å². The van der Waals surface area contributed by atoms with E-state index in [-0.39, 0.29) is 23.5 Å². The fourth-order valence-electron chi connectivity index (χ4n) is 5.15. The Morgan fingerprint density at radius 1 is 1.15 bits per heavy atom. The van der Waals surface area contributed by atoms with Crippen LogP contribution in [0.5, 0.6) is 0 Å². The Morgan fingerprint density at radius 2 is 1.97 bits per heavy atom. The Balaban J connectivity index is 1.28. The first-order valence-electron chi connectivity index (χ1n) is 13.4. The van der Waals surface area contributed by atoms with Crippen LogP contribution in [-0.2, 0) is 29.0 Å². The first kappa shape index (κ1) is 27.0. The Kier molecular flexibility index (Phi) is 8.64. The van der Waals surface area contributed by atoms with E-state index in [1.165, 1.54) is 17.2 Å². The molecule has 8 nitrogen and oxygen atoms in total. The molecule has 2 aromatic heterocycles. The van der Waals surface area contributed by atoms with Gasteiger partial charge in [0.05, 0.1) is 19.1 Å². The monoisotopic (exact) mass is 548 g/mol. The van der Waals surface area contributed by atoms with Crippen LogP contribution in [0.15, 0.2) is 65.4 Å². The van der Waals surface area contributed by atoms with Crippen LogP contribution in [0.3, 0.4) is 0 Å². The molecule has 1 aliphatic rings. The lowest BCUT2D eigenvalue weighted by Crippen LogP contribution is -2.43. The zero-order chi connectivity index (χ0) is 27.2. The van der Waals surface area contributed by atoms with E-state index < -0.39 is 0 Å². The molecule has 9 heteroatoms. The van der Waals surface area contributed by atoms with Crippen LogP contribution in [0.2, 0.25) is 5.02 Å². The van der Waals surface area contributed by atoms with Gasteiger partial charge in [-0.15, -0.1) is 0 Å². The highest BCUT2D eigenvalue weighted by atomic mass is 35.5. The number of aromatic amines is 1. The van der Waals surface area contributed by atoms with Crippen LogP contribution in [0, 0.1) is 5.92 Å². The summed E-state index contributed by atoms with van der Waals surface area (Å²) in [6, 6.07) is 16.1. The van der Waals surface area contributed by atoms with Gasteiger partial charge >= 0.3 is 5.97 Å². The van der Waals surface area contributed by atoms with Crippen molar-refractivity contribution in [1.82, 2.24) is 19.8 Å². The Bertz CT molecular complexity index is 1430. The second kappa shape index (κ2) is 12.5. The normalized spacial score (nSPS) is 15.7. The molecule has 3 heterocycles. The lowest BCUT2D eigenvalue weighted by Gasteiger charge is -2.30. The van der Waals surface area contributed by atoms with E-state index in [9.17, 15) is 9.59 Å². The molecule has 1 atom stereocenters. The van der Waals surface area contributed by atoms with E-state index >= 15 is 0 Å². The Hall–Kier alpha value is -3.62. The van der Waals surface area contributed by atoms with Gasteiger partial charge in [0.15, 0.2) is 5.69 Å². The molecule has 2 aromatic carbocycles. The summed E-state index contributed by atoms with van der Waals surface area (Å²) in [6.07, 6.45) is 5.77. The van der Waals surface area contributed by atoms with Crippen molar-refractivity contribution >= 4 is 34.4 Å². The summed E-state index contributed by atoms with van der Waals surface area (Å²) in [6.45, 7) is 4.82. The smallest absolute Gasteiger partial charge is 0.310 e. The Morgan fingerprint density at radius 3 is 2.82 bits per heavy atom. The minimum atomic E-state index is -0.301. The number of likely N-dealkylation sites (tertiary alicyclic amines) is 1. The molecular weight excluding hydrogens is 516 g/mol. The molecule has 0 aliphatic carbocycles. The van der Waals surface area contributed by atoms with Gasteiger partial charge in [-0.05, 0) is 49.4 Å². The number of ether oxygens (including phenoxy) is 1. The summed E-state index contributed by atoms with van der Waals surface area (Å²) in [7, 11) is 0. The lowest BCUT2D eigenvalue weighted by atomic mass is 9.98. The second-order valence-corrected chi connectivity index (χ2v) is 10.3. The molecule has 1 N–H and O–H groups in total. The molecule has 1 fully saturated rings. The number of benzene rings is 2. The van der Waals surface area contributed by atoms with Crippen molar-refractivity contribution in [2.75, 3.05) is 26.2 Å². The quantitative estimate of drug-likeness (QED) is 0.264. The number of rotatable bonds is 10. The van der Waals surface area contributed by atoms with Crippen molar-refractivity contribution in [3.05, 3.63) is 88.7 Å². The number of amides is 1. The minimum absolute atomic E-state index is 0.226. The number of nitrogens with one attached hydrogen (secondary N) is 1. The summed E-state index contributed by atoms with van der Waals surface area (Å²) in [4.78, 5) is 37.2. The van der Waals surface area contributed by atoms with Gasteiger partial charge in [0.25, 0.3) is 5.91 Å². The largest absolute Gasteiger partial charge is 0.466 e. The summed E-state index contributed by atoms with van der Waals surface area (Å²) in [5.74, 6) is -0.315. The van der Waals surface area contributed by atoms with Crippen LogP contribution < -0.4 is 0 Å². The first-order chi connectivity index (χ1) is 19.0. The number of para-hydroxylation sites is 1. The number of hydrogen-bond acceptors (Lipinski definition) is 6. The highest BCUT2D eigenvalue weighted by Crippen LogP contribution is 2.23. The molecule has 0 saturated carbocycles. The summed E-state index contributed by atoms with van der Waals surface area (Å²) in [5, 5.41) is 1.92. The molecule has 1 saturated heterocycles. The predicted molar refractivity (Wildman–Crippen MR) is 149 cm³/mol. The highest BCUT2D eigenvalue weighted by molar-refractivity contribution is 6.31. The number of piperidine rings is 1. The molecule has 1 aliphatic heterocycles. The third kappa shape index (κ3) is 6.52. The van der Waals surface area contributed by atoms with Crippen molar-refractivity contribution < 1.29 is 18.7 Å². The second-order valence-electron chi connectivity index (χ2n) is 9.88. The number of esters is 1. The van der Waals surface area contributed by atoms with Gasteiger partial charge in [-0.3, -0.25) is 14.5 Å². The van der Waals surface area contributed by atoms with E-state index in [1.807, 2.05) is 36.4 Å². The standard InChI is InChI=1S/C30H33ClN4O4/c1-2-38-30(37)23-9-7-14-35(18-23)29(36)27-20-39-28(33-27)19-34(17-22-8-3-5-11-25(22)31)15-13-21-16-32-26-12-6-4-10-24(21)26/h3-6,8,10-12,16,20,23,32H,2,7,9,13-15,17-19H2,1H3/t23-/m1/s1. The lowest BCUT2D eigenvalue weighted by molar-refractivity contribution is -0.149. The molecular formula is C30H33ClN4O4. The fraction of sp³-hybridized carbons (Fsp3) is 0.367. The number of nitrogens with zero attached hydrogens (tertiary/aromatic N) is 3. The minimum Gasteiger partial charge on any atom is -0.466 e. The topological polar surface area (TPSA) is 91.7 Å². The fourth-order valence-corrected chi connectivity index (χ4v) is 5.34. The summed E-state index contributed by atoms with van der Waals surface area (Å²) >= 11 is 6.48. The van der Waals surface area contributed by atoms with Gasteiger partial charge in [-0.2, -0.15) is 0 Å². The molecule has 39 heavy (non-hydrogen) atoms. The maximum absolute atomic E-state index is 13.2. The molecule has 5 rings (SSSR count). The zero-order valence-corrected chi connectivity index (χ0v) is 22.8. The third-order valence-corrected chi connectivity index (χ3v) is 7.55. The maximum atomic E-state index is 13.2. The van der Waals surface area contributed by atoms with E-state index in [1.54, 1.807) is 11.8 Å². The van der Waals surface area contributed by atoms with Crippen LogP contribution in [0.4, 0.5) is 0 Å². The van der Waals surface area contributed by atoms with Gasteiger partial charge in [0, 0.05) is 48.3 Å². The molecule has 0 spiro atoms. The van der Waals surface area contributed by atoms with E-state index in [4.69, 9.17) is 20.8 Å².